The first-order valence-corrected chi connectivity index (χ1v) is 6.14. The fraction of sp³-hybridized carbons (Fsp3) is 0.385. The van der Waals surface area contributed by atoms with Crippen LogP contribution in [0.3, 0.4) is 0 Å². The van der Waals surface area contributed by atoms with Gasteiger partial charge in [0.05, 0.1) is 22.6 Å². The third-order valence-corrected chi connectivity index (χ3v) is 3.28. The maximum absolute atomic E-state index is 13.2. The summed E-state index contributed by atoms with van der Waals surface area (Å²) in [5.74, 6) is -0.599. The summed E-state index contributed by atoms with van der Waals surface area (Å²) < 4.78 is 13.2. The topological polar surface area (TPSA) is 58.4 Å². The average Bonchev–Trinajstić information content (AvgIpc) is 2.42. The highest BCUT2D eigenvalue weighted by atomic mass is 19.1. The van der Waals surface area contributed by atoms with Crippen LogP contribution in [-0.2, 0) is 0 Å². The molecule has 1 aliphatic rings. The minimum Gasteiger partial charge on any atom is -0.314 e. The van der Waals surface area contributed by atoms with Crippen LogP contribution in [-0.4, -0.2) is 36.0 Å². The van der Waals surface area contributed by atoms with E-state index >= 15 is 0 Å². The number of rotatable bonds is 4. The highest BCUT2D eigenvalue weighted by molar-refractivity contribution is 5.44. The van der Waals surface area contributed by atoms with Crippen LogP contribution in [0.25, 0.3) is 0 Å². The second-order valence-corrected chi connectivity index (χ2v) is 4.43. The summed E-state index contributed by atoms with van der Waals surface area (Å²) >= 11 is 0. The molecular weight excluding hydrogens is 249 g/mol. The summed E-state index contributed by atoms with van der Waals surface area (Å²) in [7, 11) is 0. The first-order valence-electron chi connectivity index (χ1n) is 6.14. The van der Waals surface area contributed by atoms with E-state index in [0.717, 1.165) is 32.2 Å². The largest absolute Gasteiger partial charge is 0.314 e. The quantitative estimate of drug-likeness (QED) is 0.513. The number of nitrogens with zero attached hydrogens (tertiary/aromatic N) is 2. The zero-order chi connectivity index (χ0) is 13.8. The molecule has 1 aromatic carbocycles. The summed E-state index contributed by atoms with van der Waals surface area (Å²) in [5.41, 5.74) is 0.298. The van der Waals surface area contributed by atoms with Crippen LogP contribution in [0.5, 0.6) is 0 Å². The predicted molar refractivity (Wildman–Crippen MR) is 70.4 cm³/mol. The molecule has 0 bridgehead atoms. The average molecular weight is 265 g/mol. The summed E-state index contributed by atoms with van der Waals surface area (Å²) in [4.78, 5) is 12.6. The van der Waals surface area contributed by atoms with Crippen LogP contribution in [0.2, 0.25) is 0 Å². The van der Waals surface area contributed by atoms with E-state index in [1.54, 1.807) is 6.08 Å². The monoisotopic (exact) mass is 265 g/mol. The van der Waals surface area contributed by atoms with Gasteiger partial charge in [0.25, 0.3) is 5.69 Å². The number of hydrogen-bond donors (Lipinski definition) is 1. The van der Waals surface area contributed by atoms with Crippen LogP contribution < -0.4 is 5.32 Å². The van der Waals surface area contributed by atoms with Crippen molar-refractivity contribution >= 4 is 5.69 Å². The lowest BCUT2D eigenvalue weighted by Gasteiger charge is -2.33. The van der Waals surface area contributed by atoms with Gasteiger partial charge in [0.2, 0.25) is 0 Å². The fourth-order valence-corrected chi connectivity index (χ4v) is 2.36. The molecule has 2 rings (SSSR count). The van der Waals surface area contributed by atoms with Crippen LogP contribution >= 0.6 is 0 Å². The number of nitro benzene ring substituents is 1. The normalized spacial score (nSPS) is 17.9. The van der Waals surface area contributed by atoms with Gasteiger partial charge in [0.15, 0.2) is 0 Å². The SMILES string of the molecule is C=C[C@H](c1ccc(F)cc1[N+](=O)[O-])N1CCNCC1. The lowest BCUT2D eigenvalue weighted by Crippen LogP contribution is -2.44. The summed E-state index contributed by atoms with van der Waals surface area (Å²) in [5, 5.41) is 14.3. The van der Waals surface area contributed by atoms with Gasteiger partial charge < -0.3 is 5.32 Å². The smallest absolute Gasteiger partial charge is 0.277 e. The zero-order valence-corrected chi connectivity index (χ0v) is 10.5. The summed E-state index contributed by atoms with van der Waals surface area (Å²) in [6.45, 7) is 6.99. The third kappa shape index (κ3) is 2.97. The summed E-state index contributed by atoms with van der Waals surface area (Å²) in [6.07, 6.45) is 1.67. The van der Waals surface area contributed by atoms with E-state index in [9.17, 15) is 14.5 Å². The number of halogens is 1. The number of benzene rings is 1. The van der Waals surface area contributed by atoms with Crippen molar-refractivity contribution in [3.8, 4) is 0 Å². The second-order valence-electron chi connectivity index (χ2n) is 4.43. The van der Waals surface area contributed by atoms with Crippen molar-refractivity contribution in [2.75, 3.05) is 26.2 Å². The minimum atomic E-state index is -0.599. The van der Waals surface area contributed by atoms with Crippen LogP contribution in [0.1, 0.15) is 11.6 Å². The van der Waals surface area contributed by atoms with E-state index in [0.29, 0.717) is 5.56 Å². The Morgan fingerprint density at radius 3 is 2.74 bits per heavy atom. The molecule has 5 nitrogen and oxygen atoms in total. The molecule has 0 aromatic heterocycles. The van der Waals surface area contributed by atoms with Crippen LogP contribution in [0.4, 0.5) is 10.1 Å². The van der Waals surface area contributed by atoms with Crippen molar-refractivity contribution in [3.05, 3.63) is 52.3 Å². The van der Waals surface area contributed by atoms with E-state index in [-0.39, 0.29) is 11.7 Å². The molecule has 0 saturated carbocycles. The van der Waals surface area contributed by atoms with Crippen molar-refractivity contribution in [2.24, 2.45) is 0 Å². The molecule has 1 aliphatic heterocycles. The Kier molecular flexibility index (Phi) is 4.24. The maximum Gasteiger partial charge on any atom is 0.277 e. The fourth-order valence-electron chi connectivity index (χ4n) is 2.36. The Bertz CT molecular complexity index is 487. The third-order valence-electron chi connectivity index (χ3n) is 3.28. The molecule has 0 spiro atoms. The van der Waals surface area contributed by atoms with Crippen LogP contribution in [0, 0.1) is 15.9 Å². The van der Waals surface area contributed by atoms with Crippen molar-refractivity contribution in [3.63, 3.8) is 0 Å². The number of nitrogens with one attached hydrogen (secondary N) is 1. The van der Waals surface area contributed by atoms with Gasteiger partial charge in [-0.05, 0) is 12.1 Å². The lowest BCUT2D eigenvalue weighted by molar-refractivity contribution is -0.386. The van der Waals surface area contributed by atoms with Gasteiger partial charge >= 0.3 is 0 Å². The van der Waals surface area contributed by atoms with E-state index in [4.69, 9.17) is 0 Å². The summed E-state index contributed by atoms with van der Waals surface area (Å²) in [6, 6.07) is 3.43. The molecule has 0 unspecified atom stereocenters. The zero-order valence-electron chi connectivity index (χ0n) is 10.5. The molecule has 1 heterocycles. The van der Waals surface area contributed by atoms with Gasteiger partial charge in [0, 0.05) is 26.2 Å². The van der Waals surface area contributed by atoms with Gasteiger partial charge in [-0.1, -0.05) is 6.08 Å². The molecular formula is C13H16FN3O2. The second kappa shape index (κ2) is 5.90. The minimum absolute atomic E-state index is 0.191. The van der Waals surface area contributed by atoms with Gasteiger partial charge in [0.1, 0.15) is 5.82 Å². The molecule has 102 valence electrons. The highest BCUT2D eigenvalue weighted by Crippen LogP contribution is 2.30. The van der Waals surface area contributed by atoms with Gasteiger partial charge in [-0.3, -0.25) is 15.0 Å². The Morgan fingerprint density at radius 1 is 1.47 bits per heavy atom. The highest BCUT2D eigenvalue weighted by Gasteiger charge is 2.26. The van der Waals surface area contributed by atoms with Gasteiger partial charge in [-0.25, -0.2) is 4.39 Å². The molecule has 1 fully saturated rings. The first kappa shape index (κ1) is 13.6. The Labute approximate surface area is 110 Å². The molecule has 0 amide bonds. The van der Waals surface area contributed by atoms with E-state index < -0.39 is 10.7 Å². The van der Waals surface area contributed by atoms with E-state index in [2.05, 4.69) is 16.8 Å². The standard InChI is InChI=1S/C13H16FN3O2/c1-2-12(16-7-5-15-6-8-16)11-4-3-10(14)9-13(11)17(18)19/h2-4,9,12,15H,1,5-8H2/t12-/m1/s1. The first-order chi connectivity index (χ1) is 9.13. The predicted octanol–water partition coefficient (Wildman–Crippen LogP) is 1.87. The molecule has 1 atom stereocenters. The Hall–Kier alpha value is -1.79. The molecule has 0 aliphatic carbocycles. The Morgan fingerprint density at radius 2 is 2.16 bits per heavy atom. The van der Waals surface area contributed by atoms with E-state index in [1.165, 1.54) is 12.1 Å². The molecule has 1 N–H and O–H groups in total. The molecule has 6 heteroatoms. The molecule has 1 aromatic rings. The molecule has 19 heavy (non-hydrogen) atoms. The van der Waals surface area contributed by atoms with Crippen molar-refractivity contribution in [1.82, 2.24) is 10.2 Å². The van der Waals surface area contributed by atoms with Crippen molar-refractivity contribution < 1.29 is 9.31 Å². The van der Waals surface area contributed by atoms with Gasteiger partial charge in [-0.2, -0.15) is 0 Å². The number of piperazine rings is 1. The molecule has 0 radical (unpaired) electrons. The number of hydrogen-bond acceptors (Lipinski definition) is 4. The number of nitro groups is 1. The van der Waals surface area contributed by atoms with Crippen LogP contribution in [0.15, 0.2) is 30.9 Å². The maximum atomic E-state index is 13.2. The van der Waals surface area contributed by atoms with Gasteiger partial charge in [-0.15, -0.1) is 6.58 Å². The lowest BCUT2D eigenvalue weighted by atomic mass is 10.0. The van der Waals surface area contributed by atoms with Crippen molar-refractivity contribution in [1.29, 1.82) is 0 Å². The van der Waals surface area contributed by atoms with E-state index in [1.807, 2.05) is 0 Å². The Balaban J connectivity index is 2.36. The molecule has 1 saturated heterocycles. The van der Waals surface area contributed by atoms with Crippen molar-refractivity contribution in [2.45, 2.75) is 6.04 Å².